The van der Waals surface area contributed by atoms with Crippen molar-refractivity contribution in [3.63, 3.8) is 0 Å². The van der Waals surface area contributed by atoms with Crippen LogP contribution in [0.1, 0.15) is 38.2 Å². The molecule has 0 radical (unpaired) electrons. The SMILES string of the molecule is CC1(NS(=O)(=O)c2cc(F)ccc2CNC2CC2)CC1. The number of nitrogens with one attached hydrogen (secondary N) is 2. The van der Waals surface area contributed by atoms with Crippen molar-refractivity contribution in [2.45, 2.75) is 55.6 Å². The Hall–Kier alpha value is -0.980. The lowest BCUT2D eigenvalue weighted by Crippen LogP contribution is -2.35. The van der Waals surface area contributed by atoms with Crippen molar-refractivity contribution in [3.8, 4) is 0 Å². The Labute approximate surface area is 118 Å². The van der Waals surface area contributed by atoms with Crippen LogP contribution >= 0.6 is 0 Å². The smallest absolute Gasteiger partial charge is 0.241 e. The maximum absolute atomic E-state index is 13.4. The third kappa shape index (κ3) is 3.19. The van der Waals surface area contributed by atoms with Crippen molar-refractivity contribution in [1.82, 2.24) is 10.0 Å². The molecular formula is C14H19FN2O2S. The Bertz CT molecular complexity index is 622. The van der Waals surface area contributed by atoms with Gasteiger partial charge in [-0.05, 0) is 50.3 Å². The second-order valence-electron chi connectivity index (χ2n) is 6.07. The average molecular weight is 298 g/mol. The first kappa shape index (κ1) is 14.0. The lowest BCUT2D eigenvalue weighted by molar-refractivity contribution is 0.552. The van der Waals surface area contributed by atoms with Gasteiger partial charge in [0.05, 0.1) is 4.90 Å². The van der Waals surface area contributed by atoms with Crippen molar-refractivity contribution < 1.29 is 12.8 Å². The summed E-state index contributed by atoms with van der Waals surface area (Å²) in [6, 6.07) is 4.44. The summed E-state index contributed by atoms with van der Waals surface area (Å²) in [5.74, 6) is -0.526. The molecule has 110 valence electrons. The van der Waals surface area contributed by atoms with Gasteiger partial charge in [-0.3, -0.25) is 0 Å². The zero-order valence-corrected chi connectivity index (χ0v) is 12.3. The molecule has 0 unspecified atom stereocenters. The van der Waals surface area contributed by atoms with Crippen molar-refractivity contribution in [1.29, 1.82) is 0 Å². The van der Waals surface area contributed by atoms with E-state index in [4.69, 9.17) is 0 Å². The highest BCUT2D eigenvalue weighted by Crippen LogP contribution is 2.36. The zero-order chi connectivity index (χ0) is 14.4. The lowest BCUT2D eigenvalue weighted by Gasteiger charge is -2.15. The quantitative estimate of drug-likeness (QED) is 0.843. The standard InChI is InChI=1S/C14H19FN2O2S/c1-14(6-7-14)17-20(18,19)13-8-11(15)3-2-10(13)9-16-12-4-5-12/h2-3,8,12,16-17H,4-7,9H2,1H3. The first-order chi connectivity index (χ1) is 9.38. The van der Waals surface area contributed by atoms with E-state index in [0.29, 0.717) is 18.2 Å². The van der Waals surface area contributed by atoms with Gasteiger partial charge < -0.3 is 5.32 Å². The van der Waals surface area contributed by atoms with E-state index >= 15 is 0 Å². The number of hydrogen-bond donors (Lipinski definition) is 2. The number of sulfonamides is 1. The molecule has 0 aliphatic heterocycles. The van der Waals surface area contributed by atoms with Gasteiger partial charge >= 0.3 is 0 Å². The van der Waals surface area contributed by atoms with Gasteiger partial charge in [-0.15, -0.1) is 0 Å². The van der Waals surface area contributed by atoms with Crippen LogP contribution in [0.15, 0.2) is 23.1 Å². The topological polar surface area (TPSA) is 58.2 Å². The fraction of sp³-hybridized carbons (Fsp3) is 0.571. The zero-order valence-electron chi connectivity index (χ0n) is 11.4. The molecule has 0 heterocycles. The summed E-state index contributed by atoms with van der Waals surface area (Å²) >= 11 is 0. The van der Waals surface area contributed by atoms with Crippen LogP contribution < -0.4 is 10.0 Å². The summed E-state index contributed by atoms with van der Waals surface area (Å²) in [4.78, 5) is 0.0544. The van der Waals surface area contributed by atoms with E-state index in [2.05, 4.69) is 10.0 Å². The summed E-state index contributed by atoms with van der Waals surface area (Å²) in [6.45, 7) is 2.32. The molecule has 1 aromatic carbocycles. The molecule has 2 aliphatic carbocycles. The molecule has 2 N–H and O–H groups in total. The Morgan fingerprint density at radius 2 is 2.05 bits per heavy atom. The van der Waals surface area contributed by atoms with Crippen LogP contribution in [0.4, 0.5) is 4.39 Å². The Morgan fingerprint density at radius 3 is 2.65 bits per heavy atom. The highest BCUT2D eigenvalue weighted by molar-refractivity contribution is 7.89. The summed E-state index contributed by atoms with van der Waals surface area (Å²) in [5.41, 5.74) is 0.266. The van der Waals surface area contributed by atoms with E-state index in [1.165, 1.54) is 6.07 Å². The minimum Gasteiger partial charge on any atom is -0.310 e. The van der Waals surface area contributed by atoms with Gasteiger partial charge in [0.25, 0.3) is 0 Å². The number of halogens is 1. The van der Waals surface area contributed by atoms with Crippen molar-refractivity contribution in [2.75, 3.05) is 0 Å². The van der Waals surface area contributed by atoms with Gasteiger partial charge in [0.15, 0.2) is 0 Å². The number of rotatable bonds is 6. The summed E-state index contributed by atoms with van der Waals surface area (Å²) < 4.78 is 40.9. The fourth-order valence-corrected chi connectivity index (χ4v) is 3.85. The van der Waals surface area contributed by atoms with Gasteiger partial charge in [0.2, 0.25) is 10.0 Å². The molecule has 0 saturated heterocycles. The predicted molar refractivity (Wildman–Crippen MR) is 74.2 cm³/mol. The van der Waals surface area contributed by atoms with E-state index in [0.717, 1.165) is 31.7 Å². The molecule has 6 heteroatoms. The maximum atomic E-state index is 13.4. The van der Waals surface area contributed by atoms with Gasteiger partial charge in [-0.1, -0.05) is 6.07 Å². The van der Waals surface area contributed by atoms with Crippen LogP contribution in [-0.2, 0) is 16.6 Å². The van der Waals surface area contributed by atoms with Crippen LogP contribution in [0.3, 0.4) is 0 Å². The Morgan fingerprint density at radius 1 is 1.35 bits per heavy atom. The molecule has 1 aromatic rings. The van der Waals surface area contributed by atoms with Gasteiger partial charge in [-0.2, -0.15) is 0 Å². The highest BCUT2D eigenvalue weighted by Gasteiger charge is 2.41. The first-order valence-electron chi connectivity index (χ1n) is 6.94. The lowest BCUT2D eigenvalue weighted by atomic mass is 10.2. The summed E-state index contributed by atoms with van der Waals surface area (Å²) in [6.07, 6.45) is 3.91. The fourth-order valence-electron chi connectivity index (χ4n) is 2.14. The van der Waals surface area contributed by atoms with Gasteiger partial charge in [-0.25, -0.2) is 17.5 Å². The maximum Gasteiger partial charge on any atom is 0.241 e. The number of benzene rings is 1. The number of hydrogen-bond acceptors (Lipinski definition) is 3. The molecular weight excluding hydrogens is 279 g/mol. The molecule has 0 atom stereocenters. The molecule has 4 nitrogen and oxygen atoms in total. The first-order valence-corrected chi connectivity index (χ1v) is 8.42. The second kappa shape index (κ2) is 4.79. The van der Waals surface area contributed by atoms with Gasteiger partial charge in [0, 0.05) is 18.1 Å². The third-order valence-electron chi connectivity index (χ3n) is 3.86. The van der Waals surface area contributed by atoms with E-state index in [9.17, 15) is 12.8 Å². The van der Waals surface area contributed by atoms with Crippen LogP contribution in [-0.4, -0.2) is 20.0 Å². The normalized spacial score (nSPS) is 20.9. The van der Waals surface area contributed by atoms with Crippen LogP contribution in [0.2, 0.25) is 0 Å². The molecule has 0 aromatic heterocycles. The Kier molecular flexibility index (Phi) is 3.35. The molecule has 2 aliphatic rings. The Balaban J connectivity index is 1.86. The minimum atomic E-state index is -3.67. The van der Waals surface area contributed by atoms with Crippen molar-refractivity contribution in [2.24, 2.45) is 0 Å². The molecule has 0 spiro atoms. The molecule has 2 fully saturated rings. The highest BCUT2D eigenvalue weighted by atomic mass is 32.2. The van der Waals surface area contributed by atoms with Gasteiger partial charge in [0.1, 0.15) is 5.82 Å². The van der Waals surface area contributed by atoms with Crippen LogP contribution in [0.5, 0.6) is 0 Å². The summed E-state index contributed by atoms with van der Waals surface area (Å²) in [7, 11) is -3.67. The largest absolute Gasteiger partial charge is 0.310 e. The molecule has 20 heavy (non-hydrogen) atoms. The second-order valence-corrected chi connectivity index (χ2v) is 7.72. The van der Waals surface area contributed by atoms with Crippen LogP contribution in [0.25, 0.3) is 0 Å². The van der Waals surface area contributed by atoms with Crippen molar-refractivity contribution in [3.05, 3.63) is 29.6 Å². The van der Waals surface area contributed by atoms with E-state index in [1.54, 1.807) is 6.07 Å². The minimum absolute atomic E-state index is 0.0544. The van der Waals surface area contributed by atoms with Crippen molar-refractivity contribution >= 4 is 10.0 Å². The third-order valence-corrected chi connectivity index (χ3v) is 5.58. The van der Waals surface area contributed by atoms with E-state index in [-0.39, 0.29) is 10.4 Å². The van der Waals surface area contributed by atoms with Crippen LogP contribution in [0, 0.1) is 5.82 Å². The van der Waals surface area contributed by atoms with E-state index < -0.39 is 15.8 Å². The van der Waals surface area contributed by atoms with E-state index in [1.807, 2.05) is 6.92 Å². The molecule has 0 bridgehead atoms. The average Bonchev–Trinajstić information content (AvgIpc) is 3.26. The predicted octanol–water partition coefficient (Wildman–Crippen LogP) is 1.91. The summed E-state index contributed by atoms with van der Waals surface area (Å²) in [5, 5.41) is 3.27. The molecule has 2 saturated carbocycles. The molecule has 3 rings (SSSR count). The monoisotopic (exact) mass is 298 g/mol. The molecule has 0 amide bonds.